The van der Waals surface area contributed by atoms with Gasteiger partial charge in [0.05, 0.1) is 24.6 Å². The fraction of sp³-hybridized carbons (Fsp3) is 0.517. The van der Waals surface area contributed by atoms with Gasteiger partial charge >= 0.3 is 6.03 Å². The summed E-state index contributed by atoms with van der Waals surface area (Å²) in [7, 11) is -3.18. The minimum atomic E-state index is -3.18. The molecule has 0 radical (unpaired) electrons. The second kappa shape index (κ2) is 12.8. The lowest BCUT2D eigenvalue weighted by molar-refractivity contribution is 0.0356. The van der Waals surface area contributed by atoms with Gasteiger partial charge in [-0.25, -0.2) is 17.6 Å². The summed E-state index contributed by atoms with van der Waals surface area (Å²) in [5, 5.41) is 0. The lowest BCUT2D eigenvalue weighted by Crippen LogP contribution is -2.55. The van der Waals surface area contributed by atoms with E-state index in [9.17, 15) is 18.0 Å². The van der Waals surface area contributed by atoms with Crippen molar-refractivity contribution < 1.29 is 22.4 Å². The minimum absolute atomic E-state index is 0.0720. The number of Topliss-reactive ketones (excluding diaryl/α,β-unsaturated/α-hetero) is 1. The predicted octanol–water partition coefficient (Wildman–Crippen LogP) is 2.74. The lowest BCUT2D eigenvalue weighted by atomic mass is 10.1. The van der Waals surface area contributed by atoms with Gasteiger partial charge in [-0.05, 0) is 44.2 Å². The van der Waals surface area contributed by atoms with Gasteiger partial charge in [-0.1, -0.05) is 31.2 Å². The number of nitrogens with zero attached hydrogens (tertiary/aromatic N) is 4. The molecule has 2 aromatic carbocycles. The molecule has 2 fully saturated rings. The van der Waals surface area contributed by atoms with Crippen molar-refractivity contribution in [1.82, 2.24) is 14.7 Å². The Morgan fingerprint density at radius 3 is 2.20 bits per heavy atom. The van der Waals surface area contributed by atoms with Crippen LogP contribution in [-0.4, -0.2) is 97.8 Å². The van der Waals surface area contributed by atoms with E-state index in [1.165, 1.54) is 21.9 Å². The van der Waals surface area contributed by atoms with Crippen molar-refractivity contribution in [2.45, 2.75) is 45.9 Å². The monoisotopic (exact) mass is 573 g/mol. The zero-order chi connectivity index (χ0) is 29.0. The summed E-state index contributed by atoms with van der Waals surface area (Å²) in [6.45, 7) is 10.4. The molecule has 2 saturated heterocycles. The third-order valence-corrected chi connectivity index (χ3v) is 9.58. The number of anilines is 1. The van der Waals surface area contributed by atoms with E-state index in [4.69, 9.17) is 5.73 Å². The number of piperazine rings is 1. The highest BCUT2D eigenvalue weighted by atomic mass is 32.2. The molecule has 0 aliphatic carbocycles. The van der Waals surface area contributed by atoms with Crippen LogP contribution < -0.4 is 10.6 Å². The molecule has 0 aromatic heterocycles. The summed E-state index contributed by atoms with van der Waals surface area (Å²) in [6.07, 6.45) is 0. The largest absolute Gasteiger partial charge is 0.324 e. The Hall–Kier alpha value is -2.86. The maximum atomic E-state index is 15.0. The number of carbonyl (C=O) groups is 2. The molecule has 4 rings (SSSR count). The first-order valence-electron chi connectivity index (χ1n) is 13.9. The Morgan fingerprint density at radius 2 is 1.65 bits per heavy atom. The Balaban J connectivity index is 1.57. The van der Waals surface area contributed by atoms with Gasteiger partial charge in [-0.3, -0.25) is 14.6 Å². The first kappa shape index (κ1) is 30.1. The molecule has 0 spiro atoms. The maximum Gasteiger partial charge on any atom is 0.324 e. The number of likely N-dealkylation sites (N-methyl/N-ethyl adjacent to an activating group) is 1. The average molecular weight is 574 g/mol. The number of nitrogens with two attached hydrogens (primary N) is 1. The van der Waals surface area contributed by atoms with Crippen molar-refractivity contribution in [2.75, 3.05) is 55.7 Å². The third-order valence-electron chi connectivity index (χ3n) is 7.97. The summed E-state index contributed by atoms with van der Waals surface area (Å²) < 4.78 is 38.9. The number of rotatable bonds is 8. The molecule has 2 amide bonds. The summed E-state index contributed by atoms with van der Waals surface area (Å²) in [4.78, 5) is 33.5. The van der Waals surface area contributed by atoms with Crippen molar-refractivity contribution in [1.29, 1.82) is 0 Å². The molecule has 0 bridgehead atoms. The van der Waals surface area contributed by atoms with Gasteiger partial charge in [0.1, 0.15) is 5.82 Å². The van der Waals surface area contributed by atoms with Crippen LogP contribution in [0.3, 0.4) is 0 Å². The van der Waals surface area contributed by atoms with Gasteiger partial charge in [-0.2, -0.15) is 0 Å². The first-order valence-corrected chi connectivity index (χ1v) is 15.7. The molecule has 9 nitrogen and oxygen atoms in total. The van der Waals surface area contributed by atoms with Crippen molar-refractivity contribution in [3.8, 4) is 0 Å². The Bertz CT molecular complexity index is 1290. The van der Waals surface area contributed by atoms with Gasteiger partial charge in [0, 0.05) is 61.6 Å². The highest BCUT2D eigenvalue weighted by molar-refractivity contribution is 7.91. The summed E-state index contributed by atoms with van der Waals surface area (Å²) in [5.74, 6) is -1.18. The molecule has 2 aromatic rings. The smallest absolute Gasteiger partial charge is 0.324 e. The Kier molecular flexibility index (Phi) is 9.60. The van der Waals surface area contributed by atoms with E-state index in [1.807, 2.05) is 24.3 Å². The van der Waals surface area contributed by atoms with Crippen LogP contribution in [0.1, 0.15) is 42.3 Å². The number of amides is 2. The zero-order valence-corrected chi connectivity index (χ0v) is 24.4. The molecule has 2 heterocycles. The second-order valence-corrected chi connectivity index (χ2v) is 13.1. The van der Waals surface area contributed by atoms with Crippen molar-refractivity contribution in [3.05, 3.63) is 65.0 Å². The lowest BCUT2D eigenvalue weighted by Gasteiger charge is -2.44. The van der Waals surface area contributed by atoms with E-state index in [-0.39, 0.29) is 60.6 Å². The topological polar surface area (TPSA) is 107 Å². The predicted molar refractivity (Wildman–Crippen MR) is 155 cm³/mol. The molecule has 11 heteroatoms. The van der Waals surface area contributed by atoms with Gasteiger partial charge < -0.3 is 15.5 Å². The molecule has 218 valence electrons. The van der Waals surface area contributed by atoms with Crippen LogP contribution in [0.2, 0.25) is 0 Å². The SMILES string of the molecule is CCN1C[C@@H](C)N(Cc2ccc(N(Cc3ccc(C(=O)CN)cc3F)C(=O)N3CCS(=O)(=O)CC3)cc2)[C@@H](C)C1. The van der Waals surface area contributed by atoms with Crippen LogP contribution in [-0.2, 0) is 22.9 Å². The normalized spacial score (nSPS) is 21.8. The fourth-order valence-electron chi connectivity index (χ4n) is 5.51. The maximum absolute atomic E-state index is 15.0. The van der Waals surface area contributed by atoms with Gasteiger partial charge in [-0.15, -0.1) is 0 Å². The van der Waals surface area contributed by atoms with E-state index in [2.05, 4.69) is 30.6 Å². The molecule has 40 heavy (non-hydrogen) atoms. The Morgan fingerprint density at radius 1 is 1.02 bits per heavy atom. The first-order chi connectivity index (χ1) is 19.0. The van der Waals surface area contributed by atoms with E-state index in [0.29, 0.717) is 17.8 Å². The number of sulfone groups is 1. The molecule has 2 atom stereocenters. The van der Waals surface area contributed by atoms with E-state index in [0.717, 1.165) is 37.8 Å². The van der Waals surface area contributed by atoms with Crippen LogP contribution in [0.15, 0.2) is 42.5 Å². The standard InChI is InChI=1S/C29H40FN5O4S/c1-4-32-17-21(2)34(22(3)18-32)19-23-5-9-26(10-6-23)35(29(37)33-11-13-40(38,39)14-12-33)20-25-8-7-24(15-27(25)30)28(36)16-31/h5-10,15,21-22H,4,11-14,16-20,31H2,1-3H3/t21-,22+. The molecule has 0 unspecified atom stereocenters. The highest BCUT2D eigenvalue weighted by Crippen LogP contribution is 2.25. The van der Waals surface area contributed by atoms with Gasteiger partial charge in [0.15, 0.2) is 15.6 Å². The molecule has 2 aliphatic heterocycles. The van der Waals surface area contributed by atoms with Crippen molar-refractivity contribution in [2.24, 2.45) is 5.73 Å². The van der Waals surface area contributed by atoms with E-state index >= 15 is 4.39 Å². The molecule has 2 aliphatic rings. The number of ketones is 1. The van der Waals surface area contributed by atoms with E-state index < -0.39 is 15.7 Å². The quantitative estimate of drug-likeness (QED) is 0.484. The molecular weight excluding hydrogens is 533 g/mol. The fourth-order valence-corrected chi connectivity index (χ4v) is 6.71. The van der Waals surface area contributed by atoms with Crippen LogP contribution in [0.4, 0.5) is 14.9 Å². The number of urea groups is 1. The highest BCUT2D eigenvalue weighted by Gasteiger charge is 2.31. The number of halogens is 1. The van der Waals surface area contributed by atoms with Crippen molar-refractivity contribution in [3.63, 3.8) is 0 Å². The summed E-state index contributed by atoms with van der Waals surface area (Å²) >= 11 is 0. The zero-order valence-electron chi connectivity index (χ0n) is 23.6. The number of benzene rings is 2. The number of hydrogen-bond donors (Lipinski definition) is 1. The number of carbonyl (C=O) groups excluding carboxylic acids is 2. The molecule has 0 saturated carbocycles. The van der Waals surface area contributed by atoms with Crippen LogP contribution >= 0.6 is 0 Å². The third kappa shape index (κ3) is 7.06. The van der Waals surface area contributed by atoms with Gasteiger partial charge in [0.25, 0.3) is 0 Å². The summed E-state index contributed by atoms with van der Waals surface area (Å²) in [6, 6.07) is 12.3. The van der Waals surface area contributed by atoms with Gasteiger partial charge in [0.2, 0.25) is 0 Å². The molecular formula is C29H40FN5O4S. The number of hydrogen-bond acceptors (Lipinski definition) is 7. The second-order valence-electron chi connectivity index (χ2n) is 10.8. The summed E-state index contributed by atoms with van der Waals surface area (Å²) in [5.41, 5.74) is 7.52. The van der Waals surface area contributed by atoms with Crippen LogP contribution in [0, 0.1) is 5.82 Å². The van der Waals surface area contributed by atoms with Crippen molar-refractivity contribution >= 4 is 27.3 Å². The molecule has 2 N–H and O–H groups in total. The average Bonchev–Trinajstić information content (AvgIpc) is 2.93. The minimum Gasteiger partial charge on any atom is -0.324 e. The Labute approximate surface area is 236 Å². The van der Waals surface area contributed by atoms with Crippen LogP contribution in [0.5, 0.6) is 0 Å². The van der Waals surface area contributed by atoms with E-state index in [1.54, 1.807) is 0 Å². The van der Waals surface area contributed by atoms with Crippen LogP contribution in [0.25, 0.3) is 0 Å².